The summed E-state index contributed by atoms with van der Waals surface area (Å²) in [4.78, 5) is 28.0. The van der Waals surface area contributed by atoms with E-state index in [0.717, 1.165) is 21.0 Å². The summed E-state index contributed by atoms with van der Waals surface area (Å²) in [5.41, 5.74) is 3.11. The zero-order valence-electron chi connectivity index (χ0n) is 23.1. The summed E-state index contributed by atoms with van der Waals surface area (Å²) < 4.78 is 43.5. The van der Waals surface area contributed by atoms with Gasteiger partial charge in [0.1, 0.15) is 18.4 Å². The molecule has 0 aliphatic heterocycles. The van der Waals surface area contributed by atoms with E-state index in [-0.39, 0.29) is 17.0 Å². The maximum absolute atomic E-state index is 14.6. The lowest BCUT2D eigenvalue weighted by molar-refractivity contribution is -0.139. The van der Waals surface area contributed by atoms with Crippen LogP contribution in [0.3, 0.4) is 0 Å². The molecule has 0 fully saturated rings. The molecular weight excluding hydrogens is 517 g/mol. The second-order valence-corrected chi connectivity index (χ2v) is 11.6. The van der Waals surface area contributed by atoms with Gasteiger partial charge in [0.2, 0.25) is 11.8 Å². The number of carbonyl (C=O) groups is 2. The molecule has 0 saturated carbocycles. The van der Waals surface area contributed by atoms with Crippen molar-refractivity contribution in [1.29, 1.82) is 0 Å². The first kappa shape index (κ1) is 29.8. The number of halogens is 1. The molecule has 1 N–H and O–H groups in total. The van der Waals surface area contributed by atoms with E-state index in [4.69, 9.17) is 0 Å². The van der Waals surface area contributed by atoms with Crippen LogP contribution in [-0.2, 0) is 26.2 Å². The number of hydrogen-bond acceptors (Lipinski definition) is 4. The van der Waals surface area contributed by atoms with Gasteiger partial charge in [-0.3, -0.25) is 13.9 Å². The molecule has 0 aliphatic rings. The smallest absolute Gasteiger partial charge is 0.264 e. The first-order valence-corrected chi connectivity index (χ1v) is 14.4. The third-order valence-electron chi connectivity index (χ3n) is 6.40. The van der Waals surface area contributed by atoms with E-state index in [1.165, 1.54) is 29.2 Å². The molecule has 3 aromatic carbocycles. The summed E-state index contributed by atoms with van der Waals surface area (Å²) in [5, 5.41) is 2.77. The van der Waals surface area contributed by atoms with Crippen LogP contribution in [-0.4, -0.2) is 44.3 Å². The molecule has 1 atom stereocenters. The van der Waals surface area contributed by atoms with Gasteiger partial charge in [-0.05, 0) is 75.6 Å². The number of benzene rings is 3. The lowest BCUT2D eigenvalue weighted by atomic mass is 10.1. The van der Waals surface area contributed by atoms with Crippen LogP contribution < -0.4 is 9.62 Å². The Morgan fingerprint density at radius 3 is 2.13 bits per heavy atom. The maximum atomic E-state index is 14.6. The molecular formula is C30H36FN3O4S. The molecule has 0 saturated heterocycles. The van der Waals surface area contributed by atoms with E-state index in [0.29, 0.717) is 18.7 Å². The second-order valence-electron chi connectivity index (χ2n) is 9.75. The van der Waals surface area contributed by atoms with Crippen molar-refractivity contribution in [2.75, 3.05) is 17.4 Å². The zero-order chi connectivity index (χ0) is 28.7. The number of carbonyl (C=O) groups excluding carboxylic acids is 2. The molecule has 0 bridgehead atoms. The Balaban J connectivity index is 2.06. The van der Waals surface area contributed by atoms with Crippen molar-refractivity contribution < 1.29 is 22.4 Å². The van der Waals surface area contributed by atoms with Gasteiger partial charge in [-0.2, -0.15) is 0 Å². The minimum atomic E-state index is -4.16. The molecule has 0 heterocycles. The molecule has 0 aliphatic carbocycles. The van der Waals surface area contributed by atoms with Gasteiger partial charge in [-0.15, -0.1) is 0 Å². The Labute approximate surface area is 230 Å². The Morgan fingerprint density at radius 1 is 0.923 bits per heavy atom. The third kappa shape index (κ3) is 7.44. The fraction of sp³-hybridized carbons (Fsp3) is 0.333. The van der Waals surface area contributed by atoms with E-state index in [2.05, 4.69) is 5.32 Å². The van der Waals surface area contributed by atoms with Gasteiger partial charge in [0.15, 0.2) is 0 Å². The zero-order valence-corrected chi connectivity index (χ0v) is 23.9. The van der Waals surface area contributed by atoms with Gasteiger partial charge in [0, 0.05) is 18.7 Å². The minimum absolute atomic E-state index is 0.0365. The van der Waals surface area contributed by atoms with Crippen molar-refractivity contribution in [3.63, 3.8) is 0 Å². The monoisotopic (exact) mass is 553 g/mol. The van der Waals surface area contributed by atoms with Crippen LogP contribution in [0.4, 0.5) is 10.1 Å². The first-order chi connectivity index (χ1) is 18.4. The molecule has 1 unspecified atom stereocenters. The quantitative estimate of drug-likeness (QED) is 0.366. The predicted molar refractivity (Wildman–Crippen MR) is 151 cm³/mol. The molecule has 3 aromatic rings. The number of sulfonamides is 1. The fourth-order valence-electron chi connectivity index (χ4n) is 4.25. The van der Waals surface area contributed by atoms with Gasteiger partial charge in [-0.25, -0.2) is 12.8 Å². The topological polar surface area (TPSA) is 86.8 Å². The average Bonchev–Trinajstić information content (AvgIpc) is 2.89. The van der Waals surface area contributed by atoms with E-state index in [1.54, 1.807) is 43.3 Å². The van der Waals surface area contributed by atoms with Crippen LogP contribution in [0.2, 0.25) is 0 Å². The van der Waals surface area contributed by atoms with Gasteiger partial charge in [0.05, 0.1) is 10.6 Å². The molecule has 0 spiro atoms. The number of nitrogens with zero attached hydrogens (tertiary/aromatic N) is 2. The SMILES string of the molecule is CCCNC(=O)C(C)N(Cc1ccccc1F)C(=O)CN(c1cc(C)cc(C)c1)S(=O)(=O)c1ccc(C)cc1. The van der Waals surface area contributed by atoms with E-state index in [1.807, 2.05) is 33.8 Å². The Kier molecular flexibility index (Phi) is 9.86. The second kappa shape index (κ2) is 12.9. The highest BCUT2D eigenvalue weighted by Gasteiger charge is 2.33. The highest BCUT2D eigenvalue weighted by atomic mass is 32.2. The minimum Gasteiger partial charge on any atom is -0.354 e. The molecule has 2 amide bonds. The largest absolute Gasteiger partial charge is 0.354 e. The summed E-state index contributed by atoms with van der Waals surface area (Å²) in [6.45, 7) is 8.66. The van der Waals surface area contributed by atoms with E-state index >= 15 is 0 Å². The molecule has 9 heteroatoms. The molecule has 0 radical (unpaired) electrons. The standard InChI is InChI=1S/C30H36FN3O4S/c1-6-15-32-30(36)24(5)33(19-25-9-7-8-10-28(25)31)29(35)20-34(26-17-22(3)16-23(4)18-26)39(37,38)27-13-11-21(2)12-14-27/h7-14,16-18,24H,6,15,19-20H2,1-5H3,(H,32,36). The van der Waals surface area contributed by atoms with Crippen molar-refractivity contribution in [2.45, 2.75) is 58.5 Å². The van der Waals surface area contributed by atoms with E-state index in [9.17, 15) is 22.4 Å². The number of hydrogen-bond donors (Lipinski definition) is 1. The van der Waals surface area contributed by atoms with Crippen molar-refractivity contribution in [1.82, 2.24) is 10.2 Å². The van der Waals surface area contributed by atoms with Crippen LogP contribution in [0, 0.1) is 26.6 Å². The predicted octanol–water partition coefficient (Wildman–Crippen LogP) is 4.89. The van der Waals surface area contributed by atoms with Crippen LogP contribution in [0.15, 0.2) is 71.6 Å². The van der Waals surface area contributed by atoms with Crippen LogP contribution in [0.5, 0.6) is 0 Å². The number of nitrogens with one attached hydrogen (secondary N) is 1. The normalized spacial score (nSPS) is 12.1. The summed E-state index contributed by atoms with van der Waals surface area (Å²) in [5.74, 6) is -1.55. The Morgan fingerprint density at radius 2 is 1.54 bits per heavy atom. The molecule has 7 nitrogen and oxygen atoms in total. The van der Waals surface area contributed by atoms with Crippen molar-refractivity contribution in [3.8, 4) is 0 Å². The van der Waals surface area contributed by atoms with Gasteiger partial charge >= 0.3 is 0 Å². The first-order valence-electron chi connectivity index (χ1n) is 12.9. The third-order valence-corrected chi connectivity index (χ3v) is 8.19. The number of aryl methyl sites for hydroxylation is 3. The fourth-order valence-corrected chi connectivity index (χ4v) is 5.65. The summed E-state index contributed by atoms with van der Waals surface area (Å²) in [6.07, 6.45) is 0.703. The van der Waals surface area contributed by atoms with Gasteiger partial charge in [-0.1, -0.05) is 48.9 Å². The Hall–Kier alpha value is -3.72. The lowest BCUT2D eigenvalue weighted by Crippen LogP contribution is -2.51. The number of amides is 2. The van der Waals surface area contributed by atoms with Gasteiger partial charge < -0.3 is 10.2 Å². The maximum Gasteiger partial charge on any atom is 0.264 e. The highest BCUT2D eigenvalue weighted by molar-refractivity contribution is 7.92. The highest BCUT2D eigenvalue weighted by Crippen LogP contribution is 2.27. The van der Waals surface area contributed by atoms with Crippen molar-refractivity contribution >= 4 is 27.5 Å². The summed E-state index contributed by atoms with van der Waals surface area (Å²) in [6, 6.07) is 16.7. The van der Waals surface area contributed by atoms with Gasteiger partial charge in [0.25, 0.3) is 10.0 Å². The molecule has 0 aromatic heterocycles. The molecule has 3 rings (SSSR count). The summed E-state index contributed by atoms with van der Waals surface area (Å²) in [7, 11) is -4.16. The van der Waals surface area contributed by atoms with E-state index < -0.39 is 40.2 Å². The Bertz CT molecular complexity index is 1400. The van der Waals surface area contributed by atoms with Crippen molar-refractivity contribution in [3.05, 3.63) is 94.8 Å². The van der Waals surface area contributed by atoms with Crippen molar-refractivity contribution in [2.24, 2.45) is 0 Å². The average molecular weight is 554 g/mol. The number of rotatable bonds is 11. The summed E-state index contributed by atoms with van der Waals surface area (Å²) >= 11 is 0. The lowest BCUT2D eigenvalue weighted by Gasteiger charge is -2.32. The van der Waals surface area contributed by atoms with Crippen LogP contribution >= 0.6 is 0 Å². The number of anilines is 1. The van der Waals surface area contributed by atoms with Crippen LogP contribution in [0.25, 0.3) is 0 Å². The molecule has 39 heavy (non-hydrogen) atoms. The van der Waals surface area contributed by atoms with Crippen LogP contribution in [0.1, 0.15) is 42.5 Å². The molecule has 208 valence electrons.